The van der Waals surface area contributed by atoms with Gasteiger partial charge in [0.05, 0.1) is 6.04 Å². The van der Waals surface area contributed by atoms with E-state index in [1.807, 2.05) is 13.2 Å². The van der Waals surface area contributed by atoms with E-state index in [1.165, 1.54) is 22.5 Å². The van der Waals surface area contributed by atoms with Gasteiger partial charge >= 0.3 is 0 Å². The van der Waals surface area contributed by atoms with E-state index >= 15 is 0 Å². The first-order chi connectivity index (χ1) is 9.65. The molecule has 2 rings (SSSR count). The summed E-state index contributed by atoms with van der Waals surface area (Å²) in [6.45, 7) is 7.45. The Bertz CT molecular complexity index is 557. The predicted molar refractivity (Wildman–Crippen MR) is 83.9 cm³/mol. The van der Waals surface area contributed by atoms with Gasteiger partial charge in [0.2, 0.25) is 0 Å². The average molecular weight is 271 g/mol. The summed E-state index contributed by atoms with van der Waals surface area (Å²) in [5.74, 6) is 1.18. The lowest BCUT2D eigenvalue weighted by Crippen LogP contribution is -2.23. The Morgan fingerprint density at radius 3 is 2.80 bits per heavy atom. The zero-order chi connectivity index (χ0) is 14.5. The Labute approximate surface area is 122 Å². The van der Waals surface area contributed by atoms with Crippen LogP contribution >= 0.6 is 0 Å². The van der Waals surface area contributed by atoms with Crippen LogP contribution in [0.25, 0.3) is 0 Å². The van der Waals surface area contributed by atoms with Crippen LogP contribution in [0, 0.1) is 13.8 Å². The van der Waals surface area contributed by atoms with Gasteiger partial charge in [-0.05, 0) is 38.4 Å². The molecule has 1 N–H and O–H groups in total. The van der Waals surface area contributed by atoms with Crippen molar-refractivity contribution >= 4 is 0 Å². The summed E-state index contributed by atoms with van der Waals surface area (Å²) in [5.41, 5.74) is 4.03. The second-order valence-electron chi connectivity index (χ2n) is 5.45. The molecule has 0 spiro atoms. The molecule has 108 valence electrons. The highest BCUT2D eigenvalue weighted by Gasteiger charge is 2.14. The zero-order valence-electron chi connectivity index (χ0n) is 13.0. The summed E-state index contributed by atoms with van der Waals surface area (Å²) in [6, 6.07) is 6.98. The fraction of sp³-hybridized carbons (Fsp3) is 0.471. The number of rotatable bonds is 6. The van der Waals surface area contributed by atoms with E-state index in [9.17, 15) is 0 Å². The molecule has 0 amide bonds. The topological polar surface area (TPSA) is 29.9 Å². The van der Waals surface area contributed by atoms with Gasteiger partial charge in [-0.1, -0.05) is 30.7 Å². The minimum Gasteiger partial charge on any atom is -0.333 e. The highest BCUT2D eigenvalue weighted by Crippen LogP contribution is 2.21. The second-order valence-corrected chi connectivity index (χ2v) is 5.45. The second kappa shape index (κ2) is 6.71. The third-order valence-electron chi connectivity index (χ3n) is 3.81. The van der Waals surface area contributed by atoms with Gasteiger partial charge in [0.25, 0.3) is 0 Å². The predicted octanol–water partition coefficient (Wildman–Crippen LogP) is 3.41. The molecule has 1 atom stereocenters. The molecule has 0 aliphatic carbocycles. The molecule has 3 heteroatoms. The summed E-state index contributed by atoms with van der Waals surface area (Å²) < 4.78 is 2.27. The van der Waals surface area contributed by atoms with Gasteiger partial charge in [-0.3, -0.25) is 0 Å². The monoisotopic (exact) mass is 271 g/mol. The van der Waals surface area contributed by atoms with Crippen LogP contribution in [0.1, 0.15) is 41.9 Å². The fourth-order valence-corrected chi connectivity index (χ4v) is 2.64. The lowest BCUT2D eigenvalue weighted by molar-refractivity contribution is 0.485. The Morgan fingerprint density at radius 2 is 2.10 bits per heavy atom. The number of benzene rings is 1. The van der Waals surface area contributed by atoms with Crippen LogP contribution in [-0.4, -0.2) is 16.6 Å². The van der Waals surface area contributed by atoms with Gasteiger partial charge in [0.15, 0.2) is 0 Å². The Balaban J connectivity index is 2.24. The molecule has 0 radical (unpaired) electrons. The molecule has 3 nitrogen and oxygen atoms in total. The van der Waals surface area contributed by atoms with E-state index in [1.54, 1.807) is 0 Å². The molecular formula is C17H25N3. The fourth-order valence-electron chi connectivity index (χ4n) is 2.64. The van der Waals surface area contributed by atoms with E-state index in [2.05, 4.69) is 60.0 Å². The first kappa shape index (κ1) is 14.8. The summed E-state index contributed by atoms with van der Waals surface area (Å²) in [7, 11) is 2.03. The van der Waals surface area contributed by atoms with Crippen LogP contribution in [0.4, 0.5) is 0 Å². The van der Waals surface area contributed by atoms with Crippen molar-refractivity contribution in [2.45, 2.75) is 46.2 Å². The molecule has 0 bridgehead atoms. The van der Waals surface area contributed by atoms with E-state index in [4.69, 9.17) is 0 Å². The normalized spacial score (nSPS) is 12.6. The van der Waals surface area contributed by atoms with E-state index in [0.717, 1.165) is 19.4 Å². The molecule has 0 fully saturated rings. The summed E-state index contributed by atoms with van der Waals surface area (Å²) >= 11 is 0. The van der Waals surface area contributed by atoms with Crippen LogP contribution in [-0.2, 0) is 13.0 Å². The van der Waals surface area contributed by atoms with Gasteiger partial charge in [0.1, 0.15) is 5.82 Å². The number of nitrogens with zero attached hydrogens (tertiary/aromatic N) is 2. The molecular weight excluding hydrogens is 246 g/mol. The van der Waals surface area contributed by atoms with Crippen molar-refractivity contribution in [1.29, 1.82) is 0 Å². The van der Waals surface area contributed by atoms with Crippen molar-refractivity contribution in [2.75, 3.05) is 7.05 Å². The van der Waals surface area contributed by atoms with Crippen molar-refractivity contribution in [3.63, 3.8) is 0 Å². The van der Waals surface area contributed by atoms with Gasteiger partial charge in [-0.15, -0.1) is 0 Å². The summed E-state index contributed by atoms with van der Waals surface area (Å²) in [4.78, 5) is 4.46. The SMILES string of the molecule is CCCc1nccn1CC(NC)c1cc(C)ccc1C. The lowest BCUT2D eigenvalue weighted by atomic mass is 9.99. The summed E-state index contributed by atoms with van der Waals surface area (Å²) in [6.07, 6.45) is 6.15. The summed E-state index contributed by atoms with van der Waals surface area (Å²) in [5, 5.41) is 3.45. The number of hydrogen-bond acceptors (Lipinski definition) is 2. The third-order valence-corrected chi connectivity index (χ3v) is 3.81. The molecule has 2 aromatic rings. The van der Waals surface area contributed by atoms with Crippen molar-refractivity contribution in [1.82, 2.24) is 14.9 Å². The lowest BCUT2D eigenvalue weighted by Gasteiger charge is -2.21. The molecule has 1 unspecified atom stereocenters. The minimum absolute atomic E-state index is 0.319. The van der Waals surface area contributed by atoms with Crippen LogP contribution in [0.3, 0.4) is 0 Å². The van der Waals surface area contributed by atoms with Crippen LogP contribution in [0.2, 0.25) is 0 Å². The number of likely N-dealkylation sites (N-methyl/N-ethyl adjacent to an activating group) is 1. The largest absolute Gasteiger partial charge is 0.333 e. The molecule has 0 aliphatic rings. The van der Waals surface area contributed by atoms with Crippen molar-refractivity contribution in [3.05, 3.63) is 53.1 Å². The van der Waals surface area contributed by atoms with Gasteiger partial charge < -0.3 is 9.88 Å². The number of nitrogens with one attached hydrogen (secondary N) is 1. The maximum atomic E-state index is 4.46. The quantitative estimate of drug-likeness (QED) is 0.872. The first-order valence-electron chi connectivity index (χ1n) is 7.40. The zero-order valence-corrected chi connectivity index (χ0v) is 13.0. The van der Waals surface area contributed by atoms with Crippen molar-refractivity contribution < 1.29 is 0 Å². The van der Waals surface area contributed by atoms with Crippen molar-refractivity contribution in [3.8, 4) is 0 Å². The Kier molecular flexibility index (Phi) is 4.96. The minimum atomic E-state index is 0.319. The highest BCUT2D eigenvalue weighted by atomic mass is 15.1. The van der Waals surface area contributed by atoms with Gasteiger partial charge in [-0.25, -0.2) is 4.98 Å². The standard InChI is InChI=1S/C17H25N3/c1-5-6-17-19-9-10-20(17)12-16(18-4)15-11-13(2)7-8-14(15)3/h7-11,16,18H,5-6,12H2,1-4H3. The maximum Gasteiger partial charge on any atom is 0.108 e. The number of aryl methyl sites for hydroxylation is 3. The van der Waals surface area contributed by atoms with Crippen LogP contribution < -0.4 is 5.32 Å². The first-order valence-corrected chi connectivity index (χ1v) is 7.40. The highest BCUT2D eigenvalue weighted by molar-refractivity contribution is 5.33. The molecule has 1 aromatic heterocycles. The maximum absolute atomic E-state index is 4.46. The number of imidazole rings is 1. The number of hydrogen-bond donors (Lipinski definition) is 1. The Morgan fingerprint density at radius 1 is 1.30 bits per heavy atom. The molecule has 1 aromatic carbocycles. The van der Waals surface area contributed by atoms with E-state index in [-0.39, 0.29) is 0 Å². The molecule has 0 saturated heterocycles. The van der Waals surface area contributed by atoms with E-state index < -0.39 is 0 Å². The molecule has 20 heavy (non-hydrogen) atoms. The van der Waals surface area contributed by atoms with E-state index in [0.29, 0.717) is 6.04 Å². The molecule has 1 heterocycles. The van der Waals surface area contributed by atoms with Crippen molar-refractivity contribution in [2.24, 2.45) is 0 Å². The Hall–Kier alpha value is -1.61. The van der Waals surface area contributed by atoms with Crippen LogP contribution in [0.15, 0.2) is 30.6 Å². The van der Waals surface area contributed by atoms with Gasteiger partial charge in [0, 0.05) is 25.4 Å². The molecule has 0 aliphatic heterocycles. The third kappa shape index (κ3) is 3.28. The number of aromatic nitrogens is 2. The smallest absolute Gasteiger partial charge is 0.108 e. The van der Waals surface area contributed by atoms with Gasteiger partial charge in [-0.2, -0.15) is 0 Å². The van der Waals surface area contributed by atoms with Crippen LogP contribution in [0.5, 0.6) is 0 Å². The average Bonchev–Trinajstić information content (AvgIpc) is 2.87. The molecule has 0 saturated carbocycles.